The summed E-state index contributed by atoms with van der Waals surface area (Å²) in [7, 11) is 0. The van der Waals surface area contributed by atoms with Gasteiger partial charge in [-0.25, -0.2) is 0 Å². The number of amides is 1. The van der Waals surface area contributed by atoms with Crippen LogP contribution in [-0.2, 0) is 4.79 Å². The van der Waals surface area contributed by atoms with Crippen LogP contribution in [0.3, 0.4) is 0 Å². The van der Waals surface area contributed by atoms with Gasteiger partial charge in [0.15, 0.2) is 0 Å². The van der Waals surface area contributed by atoms with Gasteiger partial charge in [-0.05, 0) is 37.5 Å². The monoisotopic (exact) mass is 233 g/mol. The number of aliphatic hydroxyl groups excluding tert-OH is 1. The quantitative estimate of drug-likeness (QED) is 0.798. The first kappa shape index (κ1) is 11.8. The molecule has 0 spiro atoms. The molecule has 4 heteroatoms. The number of rotatable bonds is 3. The van der Waals surface area contributed by atoms with Gasteiger partial charge in [0.1, 0.15) is 0 Å². The summed E-state index contributed by atoms with van der Waals surface area (Å²) >= 11 is 0. The highest BCUT2D eigenvalue weighted by molar-refractivity contribution is 6.52. The van der Waals surface area contributed by atoms with E-state index in [0.717, 1.165) is 11.1 Å². The predicted octanol–water partition coefficient (Wildman–Crippen LogP) is 1.22. The van der Waals surface area contributed by atoms with Gasteiger partial charge in [-0.3, -0.25) is 9.59 Å². The molecule has 1 heterocycles. The Labute approximate surface area is 99.9 Å². The Morgan fingerprint density at radius 1 is 1.24 bits per heavy atom. The average Bonchev–Trinajstić information content (AvgIpc) is 2.56. The highest BCUT2D eigenvalue weighted by atomic mass is 16.3. The Kier molecular flexibility index (Phi) is 2.98. The molecule has 1 aromatic rings. The number of Topliss-reactive ketones (excluding diaryl/α,β-unsaturated/α-hetero) is 1. The second kappa shape index (κ2) is 4.30. The highest BCUT2D eigenvalue weighted by Gasteiger charge is 2.36. The minimum absolute atomic E-state index is 0.0121. The van der Waals surface area contributed by atoms with Crippen molar-refractivity contribution in [2.45, 2.75) is 20.3 Å². The summed E-state index contributed by atoms with van der Waals surface area (Å²) in [6, 6.07) is 3.56. The van der Waals surface area contributed by atoms with Crippen LogP contribution in [0.25, 0.3) is 0 Å². The zero-order valence-corrected chi connectivity index (χ0v) is 9.99. The molecule has 1 aliphatic rings. The number of anilines is 1. The highest BCUT2D eigenvalue weighted by Crippen LogP contribution is 2.33. The maximum absolute atomic E-state index is 11.8. The molecule has 4 nitrogen and oxygen atoms in total. The van der Waals surface area contributed by atoms with Crippen molar-refractivity contribution in [1.29, 1.82) is 0 Å². The Morgan fingerprint density at radius 3 is 2.59 bits per heavy atom. The molecule has 1 N–H and O–H groups in total. The van der Waals surface area contributed by atoms with E-state index in [-0.39, 0.29) is 6.61 Å². The summed E-state index contributed by atoms with van der Waals surface area (Å²) in [5.41, 5.74) is 3.21. The lowest BCUT2D eigenvalue weighted by atomic mass is 10.0. The fourth-order valence-electron chi connectivity index (χ4n) is 2.11. The van der Waals surface area contributed by atoms with Crippen LogP contribution in [0.5, 0.6) is 0 Å². The normalized spacial score (nSPS) is 14.4. The minimum Gasteiger partial charge on any atom is -0.396 e. The number of hydrogen-bond donors (Lipinski definition) is 1. The van der Waals surface area contributed by atoms with Crippen LogP contribution in [0.2, 0.25) is 0 Å². The fourth-order valence-corrected chi connectivity index (χ4v) is 2.11. The number of carbonyl (C=O) groups excluding carboxylic acids is 2. The van der Waals surface area contributed by atoms with Gasteiger partial charge in [0.05, 0.1) is 11.3 Å². The average molecular weight is 233 g/mol. The van der Waals surface area contributed by atoms with Crippen molar-refractivity contribution in [2.24, 2.45) is 0 Å². The van der Waals surface area contributed by atoms with Crippen molar-refractivity contribution in [1.82, 2.24) is 0 Å². The molecule has 1 aliphatic heterocycles. The van der Waals surface area contributed by atoms with Crippen LogP contribution >= 0.6 is 0 Å². The van der Waals surface area contributed by atoms with Gasteiger partial charge in [0, 0.05) is 13.2 Å². The number of aryl methyl sites for hydroxylation is 1. The Morgan fingerprint density at radius 2 is 1.94 bits per heavy atom. The van der Waals surface area contributed by atoms with Crippen LogP contribution in [0.1, 0.15) is 27.9 Å². The van der Waals surface area contributed by atoms with Crippen molar-refractivity contribution >= 4 is 17.4 Å². The van der Waals surface area contributed by atoms with Gasteiger partial charge < -0.3 is 10.0 Å². The summed E-state index contributed by atoms with van der Waals surface area (Å²) in [5, 5.41) is 8.83. The number of nitrogens with zero attached hydrogens (tertiary/aromatic N) is 1. The maximum atomic E-state index is 11.8. The zero-order chi connectivity index (χ0) is 12.6. The molecule has 0 saturated carbocycles. The van der Waals surface area contributed by atoms with E-state index in [1.165, 1.54) is 4.90 Å². The summed E-state index contributed by atoms with van der Waals surface area (Å²) in [5.74, 6) is -0.928. The standard InChI is InChI=1S/C13H15NO3/c1-8-4-5-10-11(9(8)2)14(6-3-7-15)13(17)12(10)16/h4-5,15H,3,6-7H2,1-2H3. The molecule has 0 fully saturated rings. The van der Waals surface area contributed by atoms with Gasteiger partial charge in [-0.15, -0.1) is 0 Å². The Balaban J connectivity index is 2.50. The van der Waals surface area contributed by atoms with E-state index in [1.807, 2.05) is 19.9 Å². The molecule has 0 bridgehead atoms. The van der Waals surface area contributed by atoms with Crippen molar-refractivity contribution in [2.75, 3.05) is 18.1 Å². The molecular weight excluding hydrogens is 218 g/mol. The largest absolute Gasteiger partial charge is 0.396 e. The molecule has 0 saturated heterocycles. The van der Waals surface area contributed by atoms with Gasteiger partial charge in [-0.2, -0.15) is 0 Å². The van der Waals surface area contributed by atoms with E-state index >= 15 is 0 Å². The first-order valence-electron chi connectivity index (χ1n) is 5.65. The summed E-state index contributed by atoms with van der Waals surface area (Å²) in [6.45, 7) is 4.26. The van der Waals surface area contributed by atoms with E-state index in [9.17, 15) is 9.59 Å². The molecule has 0 unspecified atom stereocenters. The lowest BCUT2D eigenvalue weighted by Gasteiger charge is -2.18. The molecule has 1 amide bonds. The van der Waals surface area contributed by atoms with Gasteiger partial charge in [-0.1, -0.05) is 6.07 Å². The van der Waals surface area contributed by atoms with Crippen molar-refractivity contribution in [3.8, 4) is 0 Å². The lowest BCUT2D eigenvalue weighted by Crippen LogP contribution is -2.31. The predicted molar refractivity (Wildman–Crippen MR) is 64.3 cm³/mol. The van der Waals surface area contributed by atoms with Crippen LogP contribution in [-0.4, -0.2) is 29.9 Å². The maximum Gasteiger partial charge on any atom is 0.299 e. The third kappa shape index (κ3) is 1.74. The summed E-state index contributed by atoms with van der Waals surface area (Å²) in [4.78, 5) is 25.1. The SMILES string of the molecule is Cc1ccc2c(c1C)N(CCCO)C(=O)C2=O. The Bertz CT molecular complexity index is 494. The van der Waals surface area contributed by atoms with E-state index in [1.54, 1.807) is 6.07 Å². The molecule has 2 rings (SSSR count). The van der Waals surface area contributed by atoms with Gasteiger partial charge >= 0.3 is 0 Å². The number of aliphatic hydroxyl groups is 1. The number of benzene rings is 1. The molecule has 0 aromatic heterocycles. The van der Waals surface area contributed by atoms with Gasteiger partial charge in [0.25, 0.3) is 11.7 Å². The number of hydrogen-bond acceptors (Lipinski definition) is 3. The number of carbonyl (C=O) groups is 2. The minimum atomic E-state index is -0.484. The van der Waals surface area contributed by atoms with Crippen molar-refractivity contribution < 1.29 is 14.7 Å². The third-order valence-corrected chi connectivity index (χ3v) is 3.20. The summed E-state index contributed by atoms with van der Waals surface area (Å²) < 4.78 is 0. The van der Waals surface area contributed by atoms with E-state index in [0.29, 0.717) is 24.2 Å². The first-order chi connectivity index (χ1) is 8.07. The van der Waals surface area contributed by atoms with Crippen LogP contribution < -0.4 is 4.90 Å². The molecule has 1 aromatic carbocycles. The topological polar surface area (TPSA) is 57.6 Å². The number of ketones is 1. The molecular formula is C13H15NO3. The first-order valence-corrected chi connectivity index (χ1v) is 5.65. The van der Waals surface area contributed by atoms with Crippen LogP contribution in [0.4, 0.5) is 5.69 Å². The van der Waals surface area contributed by atoms with Crippen molar-refractivity contribution in [3.63, 3.8) is 0 Å². The van der Waals surface area contributed by atoms with E-state index in [4.69, 9.17) is 5.11 Å². The second-order valence-electron chi connectivity index (χ2n) is 4.27. The second-order valence-corrected chi connectivity index (χ2v) is 4.27. The smallest absolute Gasteiger partial charge is 0.299 e. The molecule has 90 valence electrons. The van der Waals surface area contributed by atoms with Crippen molar-refractivity contribution in [3.05, 3.63) is 28.8 Å². The fraction of sp³-hybridized carbons (Fsp3) is 0.385. The Hall–Kier alpha value is -1.68. The third-order valence-electron chi connectivity index (χ3n) is 3.20. The number of fused-ring (bicyclic) bond motifs is 1. The van der Waals surface area contributed by atoms with Gasteiger partial charge in [0.2, 0.25) is 0 Å². The lowest BCUT2D eigenvalue weighted by molar-refractivity contribution is -0.114. The van der Waals surface area contributed by atoms with E-state index in [2.05, 4.69) is 0 Å². The molecule has 0 radical (unpaired) electrons. The zero-order valence-electron chi connectivity index (χ0n) is 9.99. The van der Waals surface area contributed by atoms with E-state index < -0.39 is 11.7 Å². The molecule has 17 heavy (non-hydrogen) atoms. The molecule has 0 atom stereocenters. The molecule has 0 aliphatic carbocycles. The van der Waals surface area contributed by atoms with Crippen LogP contribution in [0.15, 0.2) is 12.1 Å². The van der Waals surface area contributed by atoms with Crippen LogP contribution in [0, 0.1) is 13.8 Å². The summed E-state index contributed by atoms with van der Waals surface area (Å²) in [6.07, 6.45) is 0.478.